The standard InChI is InChI=1S/C12H24O2.C12H20O2.C12H24O2.C12H20O2.2C8H16O2.C2H2.K.H2O.H2/c2*1-3-13-9-11-6-5-7-12(8-11)10-14-4-2;2*1-3-13-9-11-7-5-6-8-12(11)10-14-4-2;9-5-7-2-1-3-8(4-7)6-10;9-5-7-3-1-2-4-8(7)6-10;1-2;;;/h11-12H,3-10H2,1-2H3;3-4,11-12H,1-2,5-10H2;11-12H,3-10H2,1-2H3;3-4,11-12H,1-2,5-10H2;2*7-10H,1-6H2;1-2H;;1H2;1H/q;;;;;;;+1;;/p-1/t4*11-,12+;2*7-,8+;;;;. The number of aliphatic hydroxyl groups excluding tert-OH is 4. The van der Waals surface area contributed by atoms with Crippen LogP contribution in [0.2, 0.25) is 0 Å². The van der Waals surface area contributed by atoms with Crippen LogP contribution >= 0.6 is 0 Å². The molecule has 80 heavy (non-hydrogen) atoms. The second-order valence-corrected chi connectivity index (χ2v) is 22.5. The van der Waals surface area contributed by atoms with Crippen LogP contribution in [0.1, 0.15) is 183 Å². The molecule has 6 rings (SSSR count). The van der Waals surface area contributed by atoms with Crippen molar-refractivity contribution in [2.24, 2.45) is 71.0 Å². The van der Waals surface area contributed by atoms with Crippen molar-refractivity contribution in [3.63, 3.8) is 0 Å². The Hall–Kier alpha value is -1.00. The quantitative estimate of drug-likeness (QED) is 0.0330. The minimum absolute atomic E-state index is 0. The second-order valence-electron chi connectivity index (χ2n) is 22.5. The minimum atomic E-state index is 0. The van der Waals surface area contributed by atoms with Crippen LogP contribution in [0, 0.1) is 83.9 Å². The molecule has 6 fully saturated rings. The average molecular weight is 1170 g/mol. The molecule has 6 aliphatic rings. The molecule has 0 unspecified atom stereocenters. The fourth-order valence-corrected chi connectivity index (χ4v) is 12.3. The fourth-order valence-electron chi connectivity index (χ4n) is 12.3. The van der Waals surface area contributed by atoms with Gasteiger partial charge in [0.05, 0.1) is 51.5 Å². The summed E-state index contributed by atoms with van der Waals surface area (Å²) in [5, 5.41) is 35.4. The van der Waals surface area contributed by atoms with Crippen LogP contribution in [-0.2, 0) is 37.9 Å². The molecule has 14 heteroatoms. The Morgan fingerprint density at radius 1 is 0.338 bits per heavy atom. The molecule has 13 nitrogen and oxygen atoms in total. The van der Waals surface area contributed by atoms with E-state index in [0.29, 0.717) is 60.6 Å². The van der Waals surface area contributed by atoms with Gasteiger partial charge in [0, 0.05) is 80.7 Å². The zero-order valence-electron chi connectivity index (χ0n) is 52.0. The first-order valence-electron chi connectivity index (χ1n) is 31.2. The van der Waals surface area contributed by atoms with E-state index in [1.807, 2.05) is 0 Å². The van der Waals surface area contributed by atoms with E-state index in [-0.39, 0.29) is 71.5 Å². The first-order valence-corrected chi connectivity index (χ1v) is 31.2. The van der Waals surface area contributed by atoms with Gasteiger partial charge in [-0.15, -0.1) is 12.8 Å². The number of hydrogen-bond donors (Lipinski definition) is 4. The Bertz CT molecular complexity index is 1280. The van der Waals surface area contributed by atoms with Crippen LogP contribution in [-0.4, -0.2) is 132 Å². The minimum Gasteiger partial charge on any atom is -0.870 e. The van der Waals surface area contributed by atoms with E-state index in [0.717, 1.165) is 135 Å². The smallest absolute Gasteiger partial charge is 0.870 e. The molecule has 6 saturated carbocycles. The predicted molar refractivity (Wildman–Crippen MR) is 326 cm³/mol. The molecule has 0 saturated heterocycles. The van der Waals surface area contributed by atoms with Crippen molar-refractivity contribution in [2.45, 2.75) is 182 Å². The molecular formula is C66H125KO13. The van der Waals surface area contributed by atoms with Crippen molar-refractivity contribution >= 4 is 0 Å². The SMILES string of the molecule is C#C.C=COC[C@H]1CCCC[C@H]1COC=C.C=COC[C@H]1CCC[C@@H](COC=C)C1.CCOC[C@H]1CCCC[C@H]1COCC.CCOC[C@H]1CCC[C@@H](COCC)C1.OC[C@@H]1CCCC[C@@H]1CO.OC[C@@H]1CCC[C@H](CO)C1.[HH].[K+].[OH-]. The number of ether oxygens (including phenoxy) is 8. The van der Waals surface area contributed by atoms with Gasteiger partial charge in [0.25, 0.3) is 0 Å². The first-order chi connectivity index (χ1) is 38.2. The normalized spacial score (nSPS) is 27.6. The topological polar surface area (TPSA) is 185 Å². The maximum atomic E-state index is 8.88. The summed E-state index contributed by atoms with van der Waals surface area (Å²) >= 11 is 0. The van der Waals surface area contributed by atoms with Crippen LogP contribution < -0.4 is 51.4 Å². The van der Waals surface area contributed by atoms with Gasteiger partial charge in [0.15, 0.2) is 0 Å². The Labute approximate surface area is 535 Å². The molecule has 0 heterocycles. The van der Waals surface area contributed by atoms with Crippen molar-refractivity contribution in [1.29, 1.82) is 0 Å². The molecule has 0 amide bonds. The molecule has 0 spiro atoms. The number of terminal acetylenes is 1. The maximum absolute atomic E-state index is 8.88. The molecule has 0 aromatic rings. The van der Waals surface area contributed by atoms with Crippen molar-refractivity contribution in [1.82, 2.24) is 0 Å². The fraction of sp³-hybridized carbons (Fsp3) is 0.848. The second kappa shape index (κ2) is 61.1. The first kappa shape index (κ1) is 83.2. The van der Waals surface area contributed by atoms with Gasteiger partial charge in [-0.25, -0.2) is 0 Å². The van der Waals surface area contributed by atoms with Crippen LogP contribution in [0.25, 0.3) is 0 Å². The maximum Gasteiger partial charge on any atom is 1.00 e. The predicted octanol–water partition coefficient (Wildman–Crippen LogP) is 10.8. The van der Waals surface area contributed by atoms with Gasteiger partial charge in [-0.3, -0.25) is 0 Å². The van der Waals surface area contributed by atoms with E-state index in [4.69, 9.17) is 58.3 Å². The monoisotopic (exact) mass is 1160 g/mol. The van der Waals surface area contributed by atoms with Gasteiger partial charge >= 0.3 is 51.4 Å². The molecule has 0 aromatic carbocycles. The summed E-state index contributed by atoms with van der Waals surface area (Å²) in [7, 11) is 0. The molecule has 12 atom stereocenters. The van der Waals surface area contributed by atoms with Crippen LogP contribution in [0.5, 0.6) is 0 Å². The van der Waals surface area contributed by atoms with Crippen molar-refractivity contribution < 1.29 is 117 Å². The van der Waals surface area contributed by atoms with Gasteiger partial charge in [0.1, 0.15) is 0 Å². The van der Waals surface area contributed by atoms with Gasteiger partial charge in [-0.05, 0) is 195 Å². The number of aliphatic hydroxyl groups is 4. The Morgan fingerprint density at radius 3 is 0.850 bits per heavy atom. The van der Waals surface area contributed by atoms with Crippen LogP contribution in [0.15, 0.2) is 51.4 Å². The van der Waals surface area contributed by atoms with E-state index < -0.39 is 0 Å². The molecule has 0 aliphatic heterocycles. The van der Waals surface area contributed by atoms with E-state index in [2.05, 4.69) is 66.9 Å². The molecular weight excluding hydrogens is 1040 g/mol. The molecule has 6 aliphatic carbocycles. The van der Waals surface area contributed by atoms with Crippen molar-refractivity contribution in [3.05, 3.63) is 51.4 Å². The Kier molecular flexibility index (Phi) is 63.5. The summed E-state index contributed by atoms with van der Waals surface area (Å²) in [5.41, 5.74) is 0. The summed E-state index contributed by atoms with van der Waals surface area (Å²) in [6.45, 7) is 34.0. The number of rotatable bonds is 28. The molecule has 468 valence electrons. The number of hydrogen-bond acceptors (Lipinski definition) is 13. The van der Waals surface area contributed by atoms with Gasteiger partial charge < -0.3 is 63.8 Å². The Morgan fingerprint density at radius 2 is 0.575 bits per heavy atom. The van der Waals surface area contributed by atoms with Gasteiger partial charge in [0.2, 0.25) is 0 Å². The third-order valence-corrected chi connectivity index (χ3v) is 16.8. The zero-order valence-corrected chi connectivity index (χ0v) is 55.1. The third-order valence-electron chi connectivity index (χ3n) is 16.8. The molecule has 0 bridgehead atoms. The Balaban J connectivity index is -0.000000435. The molecule has 5 N–H and O–H groups in total. The van der Waals surface area contributed by atoms with E-state index in [1.165, 1.54) is 147 Å². The van der Waals surface area contributed by atoms with E-state index in [1.54, 1.807) is 0 Å². The summed E-state index contributed by atoms with van der Waals surface area (Å²) in [5.74, 6) is 7.35. The van der Waals surface area contributed by atoms with Crippen molar-refractivity contribution in [3.8, 4) is 12.8 Å². The van der Waals surface area contributed by atoms with E-state index >= 15 is 0 Å². The largest absolute Gasteiger partial charge is 1.00 e. The summed E-state index contributed by atoms with van der Waals surface area (Å²) in [4.78, 5) is 0. The van der Waals surface area contributed by atoms with Crippen LogP contribution in [0.4, 0.5) is 0 Å². The summed E-state index contributed by atoms with van der Waals surface area (Å²) in [6.07, 6.45) is 44.2. The zero-order chi connectivity index (χ0) is 57.7. The van der Waals surface area contributed by atoms with E-state index in [9.17, 15) is 0 Å². The van der Waals surface area contributed by atoms with Gasteiger partial charge in [-0.2, -0.15) is 0 Å². The average Bonchev–Trinajstić information content (AvgIpc) is 3.50. The third kappa shape index (κ3) is 42.7. The molecule has 0 radical (unpaired) electrons. The summed E-state index contributed by atoms with van der Waals surface area (Å²) < 4.78 is 43.0. The molecule has 0 aromatic heterocycles. The van der Waals surface area contributed by atoms with Crippen LogP contribution in [0.3, 0.4) is 0 Å². The van der Waals surface area contributed by atoms with Crippen molar-refractivity contribution in [2.75, 3.05) is 106 Å². The summed E-state index contributed by atoms with van der Waals surface area (Å²) in [6, 6.07) is 0. The van der Waals surface area contributed by atoms with Gasteiger partial charge in [-0.1, -0.05) is 84.1 Å².